The molecule has 1 heterocycles. The molecule has 1 N–H and O–H groups in total. The second kappa shape index (κ2) is 8.38. The maximum Gasteiger partial charge on any atom is 0.340 e. The summed E-state index contributed by atoms with van der Waals surface area (Å²) in [4.78, 5) is 12.6. The highest BCUT2D eigenvalue weighted by molar-refractivity contribution is 6.10. The Balaban J connectivity index is 2.96. The number of allylic oxidation sites excluding steroid dienone is 3. The number of ether oxygens (including phenoxy) is 2. The lowest BCUT2D eigenvalue weighted by Gasteiger charge is -2.25. The number of dihydropyridines is 1. The second-order valence-corrected chi connectivity index (χ2v) is 5.38. The summed E-state index contributed by atoms with van der Waals surface area (Å²) < 4.78 is 10.5. The molecule has 1 aromatic carbocycles. The van der Waals surface area contributed by atoms with E-state index in [2.05, 4.69) is 5.32 Å². The van der Waals surface area contributed by atoms with E-state index in [0.717, 1.165) is 0 Å². The number of methoxy groups -OCH3 is 1. The number of benzene rings is 1. The summed E-state index contributed by atoms with van der Waals surface area (Å²) in [7, 11) is 1.47. The number of esters is 1. The van der Waals surface area contributed by atoms with E-state index in [4.69, 9.17) is 9.47 Å². The zero-order valence-electron chi connectivity index (χ0n) is 15.1. The average molecular weight is 360 g/mol. The van der Waals surface area contributed by atoms with Gasteiger partial charge in [0.05, 0.1) is 30.6 Å². The fourth-order valence-corrected chi connectivity index (χ4v) is 2.77. The van der Waals surface area contributed by atoms with Crippen molar-refractivity contribution in [3.05, 3.63) is 57.9 Å². The van der Waals surface area contributed by atoms with Gasteiger partial charge in [-0.1, -0.05) is 18.2 Å². The highest BCUT2D eigenvalue weighted by Crippen LogP contribution is 2.40. The van der Waals surface area contributed by atoms with Gasteiger partial charge in [0.1, 0.15) is 24.0 Å². The summed E-state index contributed by atoms with van der Waals surface area (Å²) in [6.45, 7) is 3.44. The van der Waals surface area contributed by atoms with E-state index in [1.165, 1.54) is 7.11 Å². The van der Waals surface area contributed by atoms with Crippen LogP contribution in [0, 0.1) is 34.0 Å². The number of carbonyl (C=O) groups excluding carboxylic acids is 1. The van der Waals surface area contributed by atoms with Gasteiger partial charge in [0, 0.05) is 16.8 Å². The molecule has 0 aliphatic carbocycles. The van der Waals surface area contributed by atoms with E-state index in [9.17, 15) is 20.6 Å². The lowest BCUT2D eigenvalue weighted by atomic mass is 9.86. The number of nitrogens with zero attached hydrogens (tertiary/aromatic N) is 3. The molecule has 0 fully saturated rings. The van der Waals surface area contributed by atoms with Gasteiger partial charge in [-0.05, 0) is 19.9 Å². The molecule has 0 bridgehead atoms. The lowest BCUT2D eigenvalue weighted by molar-refractivity contribution is -0.138. The molecule has 0 unspecified atom stereocenters. The third kappa shape index (κ3) is 3.51. The van der Waals surface area contributed by atoms with Gasteiger partial charge in [-0.2, -0.15) is 15.8 Å². The Bertz CT molecular complexity index is 995. The van der Waals surface area contributed by atoms with Crippen LogP contribution in [-0.4, -0.2) is 19.7 Å². The van der Waals surface area contributed by atoms with Crippen LogP contribution >= 0.6 is 0 Å². The van der Waals surface area contributed by atoms with Gasteiger partial charge in [0.25, 0.3) is 0 Å². The van der Waals surface area contributed by atoms with Crippen LogP contribution in [0.15, 0.2) is 52.4 Å². The van der Waals surface area contributed by atoms with Gasteiger partial charge >= 0.3 is 5.97 Å². The molecule has 7 heteroatoms. The van der Waals surface area contributed by atoms with Crippen molar-refractivity contribution in [1.82, 2.24) is 5.32 Å². The first-order chi connectivity index (χ1) is 13.0. The molecule has 0 spiro atoms. The quantitative estimate of drug-likeness (QED) is 0.647. The van der Waals surface area contributed by atoms with Crippen LogP contribution in [-0.2, 0) is 9.53 Å². The molecule has 1 aromatic rings. The van der Waals surface area contributed by atoms with Crippen LogP contribution in [0.5, 0.6) is 5.75 Å². The molecule has 134 valence electrons. The third-order valence-corrected chi connectivity index (χ3v) is 3.88. The molecule has 0 radical (unpaired) electrons. The summed E-state index contributed by atoms with van der Waals surface area (Å²) in [5.41, 5.74) is 1.03. The molecule has 0 amide bonds. The number of carbonyl (C=O) groups is 1. The fourth-order valence-electron chi connectivity index (χ4n) is 2.77. The maximum atomic E-state index is 12.6. The topological polar surface area (TPSA) is 119 Å². The minimum atomic E-state index is -0.620. The largest absolute Gasteiger partial charge is 0.496 e. The van der Waals surface area contributed by atoms with E-state index < -0.39 is 5.97 Å². The van der Waals surface area contributed by atoms with Crippen molar-refractivity contribution < 1.29 is 14.3 Å². The van der Waals surface area contributed by atoms with Crippen molar-refractivity contribution in [3.8, 4) is 24.0 Å². The van der Waals surface area contributed by atoms with Crippen molar-refractivity contribution in [1.29, 1.82) is 15.8 Å². The van der Waals surface area contributed by atoms with Gasteiger partial charge in [-0.3, -0.25) is 0 Å². The van der Waals surface area contributed by atoms with E-state index in [0.29, 0.717) is 17.0 Å². The lowest BCUT2D eigenvalue weighted by Crippen LogP contribution is -2.26. The fraction of sp³-hybridized carbons (Fsp3) is 0.200. The van der Waals surface area contributed by atoms with Crippen LogP contribution in [0.25, 0.3) is 5.57 Å². The van der Waals surface area contributed by atoms with E-state index in [1.807, 2.05) is 6.07 Å². The second-order valence-electron chi connectivity index (χ2n) is 5.38. The summed E-state index contributed by atoms with van der Waals surface area (Å²) in [6.07, 6.45) is 0. The number of hydrogen-bond donors (Lipinski definition) is 1. The van der Waals surface area contributed by atoms with Gasteiger partial charge in [0.2, 0.25) is 0 Å². The molecule has 0 aromatic heterocycles. The molecular weight excluding hydrogens is 344 g/mol. The van der Waals surface area contributed by atoms with Crippen LogP contribution in [0.3, 0.4) is 0 Å². The van der Waals surface area contributed by atoms with Gasteiger partial charge < -0.3 is 14.8 Å². The molecular formula is C20H16N4O3. The SMILES string of the molecule is CCOC(=O)C1=C(C)NC(=C(C#N)C#N)C(C#N)=C1c1ccccc1OC. The van der Waals surface area contributed by atoms with Crippen molar-refractivity contribution >= 4 is 11.5 Å². The van der Waals surface area contributed by atoms with Crippen LogP contribution in [0.4, 0.5) is 0 Å². The summed E-state index contributed by atoms with van der Waals surface area (Å²) in [5, 5.41) is 31.2. The van der Waals surface area contributed by atoms with Crippen LogP contribution in [0.2, 0.25) is 0 Å². The number of nitrogens with one attached hydrogen (secondary N) is 1. The summed E-state index contributed by atoms with van der Waals surface area (Å²) in [5.74, 6) is -0.183. The van der Waals surface area contributed by atoms with Gasteiger partial charge in [-0.15, -0.1) is 0 Å². The predicted octanol–water partition coefficient (Wildman–Crippen LogP) is 2.71. The van der Waals surface area contributed by atoms with Gasteiger partial charge in [-0.25, -0.2) is 4.79 Å². The number of rotatable bonds is 4. The zero-order valence-corrected chi connectivity index (χ0v) is 15.1. The molecule has 0 saturated heterocycles. The number of hydrogen-bond acceptors (Lipinski definition) is 7. The Morgan fingerprint density at radius 1 is 1.19 bits per heavy atom. The van der Waals surface area contributed by atoms with Crippen molar-refractivity contribution in [2.24, 2.45) is 0 Å². The highest BCUT2D eigenvalue weighted by Gasteiger charge is 2.32. The average Bonchev–Trinajstić information content (AvgIpc) is 2.68. The zero-order chi connectivity index (χ0) is 20.0. The maximum absolute atomic E-state index is 12.6. The first kappa shape index (κ1) is 19.3. The Labute approximate surface area is 157 Å². The molecule has 0 saturated carbocycles. The van der Waals surface area contributed by atoms with Crippen molar-refractivity contribution in [2.75, 3.05) is 13.7 Å². The Morgan fingerprint density at radius 3 is 2.41 bits per heavy atom. The number of para-hydroxylation sites is 1. The molecule has 1 aliphatic heterocycles. The minimum Gasteiger partial charge on any atom is -0.496 e. The summed E-state index contributed by atoms with van der Waals surface area (Å²) >= 11 is 0. The summed E-state index contributed by atoms with van der Waals surface area (Å²) in [6, 6.07) is 12.4. The van der Waals surface area contributed by atoms with Crippen molar-refractivity contribution in [2.45, 2.75) is 13.8 Å². The molecule has 27 heavy (non-hydrogen) atoms. The molecule has 0 atom stereocenters. The highest BCUT2D eigenvalue weighted by atomic mass is 16.5. The van der Waals surface area contributed by atoms with E-state index >= 15 is 0 Å². The monoisotopic (exact) mass is 360 g/mol. The minimum absolute atomic E-state index is 0.00810. The predicted molar refractivity (Wildman–Crippen MR) is 96.2 cm³/mol. The van der Waals surface area contributed by atoms with Crippen molar-refractivity contribution in [3.63, 3.8) is 0 Å². The first-order valence-electron chi connectivity index (χ1n) is 8.01. The standard InChI is InChI=1S/C20H16N4O3/c1-4-27-20(25)17-12(2)24-19(13(9-21)10-22)15(11-23)18(17)14-7-5-6-8-16(14)26-3/h5-8,24H,4H2,1-3H3. The normalized spacial score (nSPS) is 13.1. The first-order valence-corrected chi connectivity index (χ1v) is 8.01. The molecule has 2 rings (SSSR count). The van der Waals surface area contributed by atoms with Crippen LogP contribution in [0.1, 0.15) is 19.4 Å². The molecule has 7 nitrogen and oxygen atoms in total. The Kier molecular flexibility index (Phi) is 5.99. The third-order valence-electron chi connectivity index (χ3n) is 3.88. The smallest absolute Gasteiger partial charge is 0.340 e. The van der Waals surface area contributed by atoms with E-state index in [1.54, 1.807) is 50.3 Å². The van der Waals surface area contributed by atoms with E-state index in [-0.39, 0.29) is 34.6 Å². The molecule has 1 aliphatic rings. The van der Waals surface area contributed by atoms with Gasteiger partial charge in [0.15, 0.2) is 5.57 Å². The number of nitriles is 3. The Morgan fingerprint density at radius 2 is 1.85 bits per heavy atom. The Hall–Kier alpha value is -4.02. The van der Waals surface area contributed by atoms with Crippen LogP contribution < -0.4 is 10.1 Å².